The molecule has 0 radical (unpaired) electrons. The summed E-state index contributed by atoms with van der Waals surface area (Å²) < 4.78 is 5.65. The van der Waals surface area contributed by atoms with E-state index in [9.17, 15) is 4.79 Å². The highest BCUT2D eigenvalue weighted by Gasteiger charge is 2.25. The Morgan fingerprint density at radius 3 is 3.06 bits per heavy atom. The van der Waals surface area contributed by atoms with Crippen LogP contribution < -0.4 is 5.73 Å². The van der Waals surface area contributed by atoms with Gasteiger partial charge in [-0.2, -0.15) is 11.8 Å². The average Bonchev–Trinajstić information content (AvgIpc) is 2.60. The molecule has 0 aromatic heterocycles. The van der Waals surface area contributed by atoms with Crippen LogP contribution >= 0.6 is 11.8 Å². The minimum Gasteiger partial charge on any atom is -0.376 e. The predicted octanol–water partition coefficient (Wildman–Crippen LogP) is 1.09. The number of nitrogens with zero attached hydrogens (tertiary/aromatic N) is 1. The van der Waals surface area contributed by atoms with Gasteiger partial charge in [0.25, 0.3) is 0 Å². The zero-order chi connectivity index (χ0) is 12.7. The summed E-state index contributed by atoms with van der Waals surface area (Å²) >= 11 is 1.73. The van der Waals surface area contributed by atoms with E-state index in [1.807, 2.05) is 11.2 Å². The molecule has 1 unspecified atom stereocenters. The SMILES string of the molecule is CCC1CN(C(=O)[C@@H](N)CCSC)CCCO1. The Bertz CT molecular complexity index is 239. The third kappa shape index (κ3) is 4.85. The van der Waals surface area contributed by atoms with Crippen molar-refractivity contribution in [3.63, 3.8) is 0 Å². The zero-order valence-electron chi connectivity index (χ0n) is 10.9. The molecule has 0 aromatic rings. The maximum atomic E-state index is 12.2. The monoisotopic (exact) mass is 260 g/mol. The number of carbonyl (C=O) groups excluding carboxylic acids is 1. The molecule has 1 rings (SSSR count). The van der Waals surface area contributed by atoms with Gasteiger partial charge in [0.15, 0.2) is 0 Å². The lowest BCUT2D eigenvalue weighted by molar-refractivity contribution is -0.133. The minimum atomic E-state index is -0.349. The van der Waals surface area contributed by atoms with E-state index in [0.29, 0.717) is 6.54 Å². The number of hydrogen-bond donors (Lipinski definition) is 1. The van der Waals surface area contributed by atoms with Crippen LogP contribution in [-0.2, 0) is 9.53 Å². The molecule has 17 heavy (non-hydrogen) atoms. The van der Waals surface area contributed by atoms with E-state index < -0.39 is 0 Å². The van der Waals surface area contributed by atoms with E-state index >= 15 is 0 Å². The topological polar surface area (TPSA) is 55.6 Å². The number of amides is 1. The molecule has 100 valence electrons. The Hall–Kier alpha value is -0.260. The smallest absolute Gasteiger partial charge is 0.239 e. The molecule has 0 bridgehead atoms. The van der Waals surface area contributed by atoms with Crippen LogP contribution in [0.3, 0.4) is 0 Å². The summed E-state index contributed by atoms with van der Waals surface area (Å²) in [5, 5.41) is 0. The van der Waals surface area contributed by atoms with Gasteiger partial charge in [-0.25, -0.2) is 0 Å². The Balaban J connectivity index is 2.48. The van der Waals surface area contributed by atoms with E-state index in [2.05, 4.69) is 6.92 Å². The molecule has 1 heterocycles. The normalized spacial score (nSPS) is 23.2. The average molecular weight is 260 g/mol. The standard InChI is InChI=1S/C12H24N2O2S/c1-3-10-9-14(6-4-7-16-10)12(15)11(13)5-8-17-2/h10-11H,3-9,13H2,1-2H3/t10?,11-/m0/s1. The van der Waals surface area contributed by atoms with Crippen LogP contribution in [0.4, 0.5) is 0 Å². The number of nitrogens with two attached hydrogens (primary N) is 1. The number of ether oxygens (including phenoxy) is 1. The van der Waals surface area contributed by atoms with Gasteiger partial charge >= 0.3 is 0 Å². The second-order valence-corrected chi connectivity index (χ2v) is 5.41. The van der Waals surface area contributed by atoms with Crippen molar-refractivity contribution in [1.29, 1.82) is 0 Å². The quantitative estimate of drug-likeness (QED) is 0.804. The molecule has 0 spiro atoms. The molecule has 1 amide bonds. The van der Waals surface area contributed by atoms with E-state index in [0.717, 1.165) is 38.2 Å². The van der Waals surface area contributed by atoms with Gasteiger partial charge in [0.05, 0.1) is 12.1 Å². The molecule has 0 aliphatic carbocycles. The summed E-state index contributed by atoms with van der Waals surface area (Å²) in [5.74, 6) is 1.03. The van der Waals surface area contributed by atoms with Crippen LogP contribution in [0.5, 0.6) is 0 Å². The molecular weight excluding hydrogens is 236 g/mol. The fraction of sp³-hybridized carbons (Fsp3) is 0.917. The van der Waals surface area contributed by atoms with E-state index in [4.69, 9.17) is 10.5 Å². The summed E-state index contributed by atoms with van der Waals surface area (Å²) in [6.07, 6.45) is 4.83. The van der Waals surface area contributed by atoms with Gasteiger partial charge in [0.2, 0.25) is 5.91 Å². The molecule has 2 atom stereocenters. The third-order valence-corrected chi connectivity index (χ3v) is 3.71. The van der Waals surface area contributed by atoms with Gasteiger partial charge in [-0.15, -0.1) is 0 Å². The Morgan fingerprint density at radius 2 is 2.41 bits per heavy atom. The van der Waals surface area contributed by atoms with Gasteiger partial charge in [-0.1, -0.05) is 6.92 Å². The lowest BCUT2D eigenvalue weighted by Crippen LogP contribution is -2.46. The molecule has 1 aliphatic rings. The first kappa shape index (κ1) is 14.8. The van der Waals surface area contributed by atoms with Crippen molar-refractivity contribution in [2.24, 2.45) is 5.73 Å². The highest BCUT2D eigenvalue weighted by molar-refractivity contribution is 7.98. The molecule has 5 heteroatoms. The first-order valence-corrected chi connectivity index (χ1v) is 7.73. The number of rotatable bonds is 5. The summed E-state index contributed by atoms with van der Waals surface area (Å²) in [4.78, 5) is 14.0. The first-order valence-electron chi connectivity index (χ1n) is 6.34. The predicted molar refractivity (Wildman–Crippen MR) is 72.2 cm³/mol. The van der Waals surface area contributed by atoms with Gasteiger partial charge in [-0.05, 0) is 31.3 Å². The summed E-state index contributed by atoms with van der Waals surface area (Å²) in [7, 11) is 0. The molecule has 1 fully saturated rings. The number of thioether (sulfide) groups is 1. The summed E-state index contributed by atoms with van der Waals surface area (Å²) in [6.45, 7) is 4.32. The van der Waals surface area contributed by atoms with Gasteiger partial charge < -0.3 is 15.4 Å². The Labute approximate surface area is 108 Å². The van der Waals surface area contributed by atoms with Gasteiger partial charge in [0, 0.05) is 19.7 Å². The van der Waals surface area contributed by atoms with Crippen molar-refractivity contribution in [3.05, 3.63) is 0 Å². The van der Waals surface area contributed by atoms with Gasteiger partial charge in [0.1, 0.15) is 0 Å². The zero-order valence-corrected chi connectivity index (χ0v) is 11.7. The van der Waals surface area contributed by atoms with E-state index in [1.165, 1.54) is 0 Å². The van der Waals surface area contributed by atoms with Crippen molar-refractivity contribution in [2.45, 2.75) is 38.3 Å². The second-order valence-electron chi connectivity index (χ2n) is 4.43. The highest BCUT2D eigenvalue weighted by atomic mass is 32.2. The van der Waals surface area contributed by atoms with Crippen LogP contribution in [0.25, 0.3) is 0 Å². The summed E-state index contributed by atoms with van der Waals surface area (Å²) in [6, 6.07) is -0.349. The molecule has 2 N–H and O–H groups in total. The minimum absolute atomic E-state index is 0.0861. The maximum Gasteiger partial charge on any atom is 0.239 e. The first-order chi connectivity index (χ1) is 8.19. The molecule has 0 aromatic carbocycles. The van der Waals surface area contributed by atoms with Crippen LogP contribution in [0.1, 0.15) is 26.2 Å². The van der Waals surface area contributed by atoms with Crippen molar-refractivity contribution in [2.75, 3.05) is 31.7 Å². The van der Waals surface area contributed by atoms with Crippen molar-refractivity contribution >= 4 is 17.7 Å². The lowest BCUT2D eigenvalue weighted by Gasteiger charge is -2.26. The Morgan fingerprint density at radius 1 is 1.65 bits per heavy atom. The van der Waals surface area contributed by atoms with Crippen molar-refractivity contribution < 1.29 is 9.53 Å². The third-order valence-electron chi connectivity index (χ3n) is 3.07. The van der Waals surface area contributed by atoms with E-state index in [1.54, 1.807) is 11.8 Å². The van der Waals surface area contributed by atoms with Crippen LogP contribution in [0.2, 0.25) is 0 Å². The molecule has 1 aliphatic heterocycles. The molecule has 1 saturated heterocycles. The maximum absolute atomic E-state index is 12.2. The number of hydrogen-bond acceptors (Lipinski definition) is 4. The van der Waals surface area contributed by atoms with E-state index in [-0.39, 0.29) is 18.1 Å². The highest BCUT2D eigenvalue weighted by Crippen LogP contribution is 2.11. The molecule has 4 nitrogen and oxygen atoms in total. The number of carbonyl (C=O) groups is 1. The molecule has 0 saturated carbocycles. The van der Waals surface area contributed by atoms with Crippen LogP contribution in [0.15, 0.2) is 0 Å². The van der Waals surface area contributed by atoms with Crippen LogP contribution in [-0.4, -0.2) is 54.7 Å². The van der Waals surface area contributed by atoms with Crippen LogP contribution in [0, 0.1) is 0 Å². The fourth-order valence-corrected chi connectivity index (χ4v) is 2.43. The second kappa shape index (κ2) is 7.95. The fourth-order valence-electron chi connectivity index (χ4n) is 1.95. The Kier molecular flexibility index (Phi) is 6.92. The largest absolute Gasteiger partial charge is 0.376 e. The molecular formula is C12H24N2O2S. The van der Waals surface area contributed by atoms with Crippen molar-refractivity contribution in [3.8, 4) is 0 Å². The van der Waals surface area contributed by atoms with Gasteiger partial charge in [-0.3, -0.25) is 4.79 Å². The summed E-state index contributed by atoms with van der Waals surface area (Å²) in [5.41, 5.74) is 5.93. The lowest BCUT2D eigenvalue weighted by atomic mass is 10.2. The van der Waals surface area contributed by atoms with Crippen molar-refractivity contribution in [1.82, 2.24) is 4.90 Å².